The van der Waals surface area contributed by atoms with Gasteiger partial charge in [0.05, 0.1) is 5.41 Å². The molecule has 1 unspecified atom stereocenters. The molecule has 1 saturated heterocycles. The summed E-state index contributed by atoms with van der Waals surface area (Å²) in [5.41, 5.74) is -0.443. The van der Waals surface area contributed by atoms with Crippen LogP contribution in [-0.4, -0.2) is 22.8 Å². The van der Waals surface area contributed by atoms with E-state index in [1.165, 1.54) is 4.90 Å². The van der Waals surface area contributed by atoms with E-state index in [1.807, 2.05) is 27.7 Å². The molecule has 1 heterocycles. The van der Waals surface area contributed by atoms with Gasteiger partial charge in [0.2, 0.25) is 11.8 Å². The van der Waals surface area contributed by atoms with Crippen molar-refractivity contribution in [3.8, 4) is 0 Å². The quantitative estimate of drug-likeness (QED) is 0.609. The molecule has 1 aliphatic rings. The minimum absolute atomic E-state index is 0.00463. The van der Waals surface area contributed by atoms with Gasteiger partial charge in [0, 0.05) is 12.5 Å². The lowest BCUT2D eigenvalue weighted by Gasteiger charge is -2.22. The summed E-state index contributed by atoms with van der Waals surface area (Å²) in [6.45, 7) is 7.57. The van der Waals surface area contributed by atoms with Crippen molar-refractivity contribution in [2.24, 2.45) is 5.41 Å². The lowest BCUT2D eigenvalue weighted by Crippen LogP contribution is -2.38. The average molecular weight is 183 g/mol. The van der Waals surface area contributed by atoms with Crippen LogP contribution in [0.15, 0.2) is 0 Å². The van der Waals surface area contributed by atoms with Crippen molar-refractivity contribution >= 4 is 11.8 Å². The molecule has 74 valence electrons. The second kappa shape index (κ2) is 3.13. The fraction of sp³-hybridized carbons (Fsp3) is 0.800. The third-order valence-corrected chi connectivity index (χ3v) is 2.84. The summed E-state index contributed by atoms with van der Waals surface area (Å²) in [6.07, 6.45) is 1.11. The first-order valence-electron chi connectivity index (χ1n) is 4.79. The van der Waals surface area contributed by atoms with Gasteiger partial charge in [-0.05, 0) is 20.3 Å². The van der Waals surface area contributed by atoms with Crippen LogP contribution in [0.5, 0.6) is 0 Å². The molecule has 0 aromatic heterocycles. The number of carbonyl (C=O) groups excluding carboxylic acids is 2. The van der Waals surface area contributed by atoms with Gasteiger partial charge in [0.25, 0.3) is 0 Å². The summed E-state index contributed by atoms with van der Waals surface area (Å²) in [5.74, 6) is -0.0284. The van der Waals surface area contributed by atoms with E-state index in [2.05, 4.69) is 0 Å². The van der Waals surface area contributed by atoms with Crippen molar-refractivity contribution < 1.29 is 9.59 Å². The number of imide groups is 1. The fourth-order valence-electron chi connectivity index (χ4n) is 1.70. The molecule has 1 rings (SSSR count). The molecule has 0 aliphatic carbocycles. The SMILES string of the molecule is CCC1(C)CC(=O)N(C(C)C)C1=O. The number of hydrogen-bond acceptors (Lipinski definition) is 2. The molecule has 13 heavy (non-hydrogen) atoms. The Balaban J connectivity index is 2.94. The predicted octanol–water partition coefficient (Wildman–Crippen LogP) is 1.57. The van der Waals surface area contributed by atoms with E-state index in [1.54, 1.807) is 0 Å². The van der Waals surface area contributed by atoms with Crippen LogP contribution in [0.25, 0.3) is 0 Å². The number of carbonyl (C=O) groups is 2. The van der Waals surface area contributed by atoms with Gasteiger partial charge >= 0.3 is 0 Å². The Hall–Kier alpha value is -0.860. The summed E-state index contributed by atoms with van der Waals surface area (Å²) in [6, 6.07) is -0.00613. The summed E-state index contributed by atoms with van der Waals surface area (Å²) in [4.78, 5) is 24.7. The minimum Gasteiger partial charge on any atom is -0.280 e. The van der Waals surface area contributed by atoms with Gasteiger partial charge in [-0.3, -0.25) is 14.5 Å². The number of nitrogens with zero attached hydrogens (tertiary/aromatic N) is 1. The maximum absolute atomic E-state index is 11.8. The predicted molar refractivity (Wildman–Crippen MR) is 50.0 cm³/mol. The molecule has 0 aromatic rings. The zero-order chi connectivity index (χ0) is 10.2. The van der Waals surface area contributed by atoms with Gasteiger partial charge in [-0.1, -0.05) is 13.8 Å². The van der Waals surface area contributed by atoms with Crippen molar-refractivity contribution in [3.05, 3.63) is 0 Å². The maximum atomic E-state index is 11.8. The number of amides is 2. The number of hydrogen-bond donors (Lipinski definition) is 0. The highest BCUT2D eigenvalue weighted by molar-refractivity contribution is 6.05. The first-order chi connectivity index (χ1) is 5.92. The van der Waals surface area contributed by atoms with E-state index < -0.39 is 5.41 Å². The van der Waals surface area contributed by atoms with Crippen LogP contribution in [0.3, 0.4) is 0 Å². The fourth-order valence-corrected chi connectivity index (χ4v) is 1.70. The van der Waals surface area contributed by atoms with Crippen LogP contribution < -0.4 is 0 Å². The number of rotatable bonds is 2. The van der Waals surface area contributed by atoms with Gasteiger partial charge in [-0.25, -0.2) is 0 Å². The van der Waals surface area contributed by atoms with E-state index in [9.17, 15) is 9.59 Å². The first kappa shape index (κ1) is 10.2. The highest BCUT2D eigenvalue weighted by Gasteiger charge is 2.47. The van der Waals surface area contributed by atoms with Crippen molar-refractivity contribution in [2.45, 2.75) is 46.6 Å². The van der Waals surface area contributed by atoms with Gasteiger partial charge in [0.15, 0.2) is 0 Å². The highest BCUT2D eigenvalue weighted by atomic mass is 16.2. The van der Waals surface area contributed by atoms with Crippen molar-refractivity contribution in [2.75, 3.05) is 0 Å². The van der Waals surface area contributed by atoms with Crippen LogP contribution in [0, 0.1) is 5.41 Å². The Labute approximate surface area is 79.1 Å². The lowest BCUT2D eigenvalue weighted by molar-refractivity contribution is -0.143. The van der Waals surface area contributed by atoms with E-state index in [-0.39, 0.29) is 17.9 Å². The highest BCUT2D eigenvalue weighted by Crippen LogP contribution is 2.36. The van der Waals surface area contributed by atoms with Crippen LogP contribution in [0.2, 0.25) is 0 Å². The lowest BCUT2D eigenvalue weighted by atomic mass is 9.86. The zero-order valence-electron chi connectivity index (χ0n) is 8.76. The van der Waals surface area contributed by atoms with Crippen LogP contribution in [0.4, 0.5) is 0 Å². The van der Waals surface area contributed by atoms with Crippen LogP contribution in [-0.2, 0) is 9.59 Å². The Morgan fingerprint density at radius 3 is 2.23 bits per heavy atom. The van der Waals surface area contributed by atoms with Crippen molar-refractivity contribution in [1.82, 2.24) is 4.90 Å². The standard InChI is InChI=1S/C10H17NO2/c1-5-10(4)6-8(12)11(7(2)3)9(10)13/h7H,5-6H2,1-4H3. The molecule has 0 bridgehead atoms. The van der Waals surface area contributed by atoms with Gasteiger partial charge < -0.3 is 0 Å². The third kappa shape index (κ3) is 1.47. The molecule has 0 spiro atoms. The van der Waals surface area contributed by atoms with E-state index in [0.29, 0.717) is 6.42 Å². The second-order valence-corrected chi connectivity index (χ2v) is 4.25. The summed E-state index contributed by atoms with van der Waals surface area (Å²) in [5, 5.41) is 0. The van der Waals surface area contributed by atoms with E-state index >= 15 is 0 Å². The molecular weight excluding hydrogens is 166 g/mol. The largest absolute Gasteiger partial charge is 0.280 e. The number of likely N-dealkylation sites (tertiary alicyclic amines) is 1. The monoisotopic (exact) mass is 183 g/mol. The summed E-state index contributed by atoms with van der Waals surface area (Å²) < 4.78 is 0. The molecule has 3 nitrogen and oxygen atoms in total. The van der Waals surface area contributed by atoms with Gasteiger partial charge in [0.1, 0.15) is 0 Å². The molecule has 2 amide bonds. The van der Waals surface area contributed by atoms with Crippen LogP contribution in [0.1, 0.15) is 40.5 Å². The van der Waals surface area contributed by atoms with E-state index in [4.69, 9.17) is 0 Å². The average Bonchev–Trinajstić information content (AvgIpc) is 2.24. The molecule has 1 atom stereocenters. The van der Waals surface area contributed by atoms with Crippen LogP contribution >= 0.6 is 0 Å². The molecule has 0 N–H and O–H groups in total. The summed E-state index contributed by atoms with van der Waals surface area (Å²) in [7, 11) is 0. The Bertz CT molecular complexity index is 247. The summed E-state index contributed by atoms with van der Waals surface area (Å²) >= 11 is 0. The van der Waals surface area contributed by atoms with Crippen molar-refractivity contribution in [3.63, 3.8) is 0 Å². The normalized spacial score (nSPS) is 29.2. The molecule has 1 aliphatic heterocycles. The smallest absolute Gasteiger partial charge is 0.235 e. The van der Waals surface area contributed by atoms with Gasteiger partial charge in [-0.15, -0.1) is 0 Å². The third-order valence-electron chi connectivity index (χ3n) is 2.84. The second-order valence-electron chi connectivity index (χ2n) is 4.25. The molecule has 1 fully saturated rings. The molecular formula is C10H17NO2. The molecule has 0 aromatic carbocycles. The Morgan fingerprint density at radius 1 is 1.46 bits per heavy atom. The van der Waals surface area contributed by atoms with Crippen molar-refractivity contribution in [1.29, 1.82) is 0 Å². The van der Waals surface area contributed by atoms with E-state index in [0.717, 1.165) is 6.42 Å². The minimum atomic E-state index is -0.443. The molecule has 0 saturated carbocycles. The Morgan fingerprint density at radius 2 is 2.00 bits per heavy atom. The Kier molecular flexibility index (Phi) is 2.46. The molecule has 0 radical (unpaired) electrons. The van der Waals surface area contributed by atoms with Gasteiger partial charge in [-0.2, -0.15) is 0 Å². The molecule has 3 heteroatoms. The maximum Gasteiger partial charge on any atom is 0.235 e. The topological polar surface area (TPSA) is 37.4 Å². The zero-order valence-corrected chi connectivity index (χ0v) is 8.76. The first-order valence-corrected chi connectivity index (χ1v) is 4.79.